The van der Waals surface area contributed by atoms with E-state index >= 15 is 0 Å². The minimum absolute atomic E-state index is 0.0585. The van der Waals surface area contributed by atoms with Crippen LogP contribution >= 0.6 is 23.2 Å². The van der Waals surface area contributed by atoms with Gasteiger partial charge >= 0.3 is 0 Å². The molecule has 0 aromatic heterocycles. The highest BCUT2D eigenvalue weighted by Crippen LogP contribution is 2.33. The van der Waals surface area contributed by atoms with Gasteiger partial charge in [0.05, 0.1) is 27.5 Å². The van der Waals surface area contributed by atoms with Gasteiger partial charge in [-0.05, 0) is 56.9 Å². The van der Waals surface area contributed by atoms with Crippen molar-refractivity contribution in [2.24, 2.45) is 5.84 Å². The zero-order chi connectivity index (χ0) is 17.0. The van der Waals surface area contributed by atoms with Crippen LogP contribution in [0.1, 0.15) is 18.0 Å². The van der Waals surface area contributed by atoms with E-state index in [1.165, 1.54) is 0 Å². The molecule has 1 atom stereocenters. The first-order valence-corrected chi connectivity index (χ1v) is 8.14. The summed E-state index contributed by atoms with van der Waals surface area (Å²) in [5.74, 6) is 6.41. The Hall–Kier alpha value is -1.46. The summed E-state index contributed by atoms with van der Waals surface area (Å²) in [5.41, 5.74) is 8.51. The van der Waals surface area contributed by atoms with Crippen molar-refractivity contribution in [1.82, 2.24) is 4.90 Å². The molecule has 0 fully saturated rings. The molecule has 0 saturated carbocycles. The maximum Gasteiger partial charge on any atom is 0.0753 e. The zero-order valence-corrected chi connectivity index (χ0v) is 14.8. The normalized spacial score (nSPS) is 12.4. The quantitative estimate of drug-likeness (QED) is 0.469. The first-order chi connectivity index (χ1) is 10.9. The molecule has 0 saturated heterocycles. The third-order valence-corrected chi connectivity index (χ3v) is 4.47. The smallest absolute Gasteiger partial charge is 0.0753 e. The second-order valence-corrected chi connectivity index (χ2v) is 6.56. The number of nitrogen functional groups attached to an aromatic ring is 1. The van der Waals surface area contributed by atoms with Gasteiger partial charge in [-0.3, -0.25) is 0 Å². The fraction of sp³-hybridized carbons (Fsp3) is 0.294. The number of halogens is 2. The molecule has 2 aromatic rings. The van der Waals surface area contributed by atoms with Gasteiger partial charge in [0.1, 0.15) is 0 Å². The van der Waals surface area contributed by atoms with Crippen LogP contribution in [0.3, 0.4) is 0 Å². The van der Waals surface area contributed by atoms with Crippen LogP contribution in [-0.4, -0.2) is 25.5 Å². The predicted molar refractivity (Wildman–Crippen MR) is 99.9 cm³/mol. The molecule has 6 heteroatoms. The maximum absolute atomic E-state index is 6.41. The molecular formula is C17H22Cl2N4. The molecule has 0 aliphatic rings. The largest absolute Gasteiger partial charge is 0.397 e. The summed E-state index contributed by atoms with van der Waals surface area (Å²) in [4.78, 5) is 2.12. The van der Waals surface area contributed by atoms with Gasteiger partial charge in [-0.1, -0.05) is 41.4 Å². The van der Waals surface area contributed by atoms with Crippen molar-refractivity contribution in [1.29, 1.82) is 0 Å². The van der Waals surface area contributed by atoms with E-state index in [0.717, 1.165) is 24.2 Å². The van der Waals surface area contributed by atoms with Gasteiger partial charge < -0.3 is 15.6 Å². The second kappa shape index (κ2) is 7.88. The van der Waals surface area contributed by atoms with E-state index in [-0.39, 0.29) is 6.04 Å². The molecule has 1 unspecified atom stereocenters. The third kappa shape index (κ3) is 4.52. The van der Waals surface area contributed by atoms with E-state index in [9.17, 15) is 0 Å². The minimum atomic E-state index is -0.0585. The molecule has 124 valence electrons. The van der Waals surface area contributed by atoms with Crippen LogP contribution in [0.15, 0.2) is 42.5 Å². The molecule has 4 nitrogen and oxygen atoms in total. The molecular weight excluding hydrogens is 331 g/mol. The number of hydrogen-bond donors (Lipinski definition) is 2. The summed E-state index contributed by atoms with van der Waals surface area (Å²) in [5, 5.41) is 2.76. The fourth-order valence-corrected chi connectivity index (χ4v) is 2.76. The van der Waals surface area contributed by atoms with E-state index in [0.29, 0.717) is 15.7 Å². The van der Waals surface area contributed by atoms with E-state index in [1.807, 2.05) is 50.5 Å². The monoisotopic (exact) mass is 352 g/mol. The van der Waals surface area contributed by atoms with E-state index in [2.05, 4.69) is 4.90 Å². The SMILES string of the molecule is CN(C)CCC(c1ccc(Cl)c(Cl)c1)N(N)c1ccccc1N. The molecule has 0 aliphatic carbocycles. The van der Waals surface area contributed by atoms with Gasteiger partial charge in [0.25, 0.3) is 0 Å². The Balaban J connectivity index is 2.36. The zero-order valence-electron chi connectivity index (χ0n) is 13.3. The number of benzene rings is 2. The minimum Gasteiger partial charge on any atom is -0.397 e. The van der Waals surface area contributed by atoms with Crippen LogP contribution in [0.2, 0.25) is 10.0 Å². The highest BCUT2D eigenvalue weighted by molar-refractivity contribution is 6.42. The van der Waals surface area contributed by atoms with E-state index < -0.39 is 0 Å². The van der Waals surface area contributed by atoms with Crippen molar-refractivity contribution < 1.29 is 0 Å². The number of hydrogen-bond acceptors (Lipinski definition) is 4. The van der Waals surface area contributed by atoms with Crippen molar-refractivity contribution in [2.75, 3.05) is 31.4 Å². The molecule has 23 heavy (non-hydrogen) atoms. The van der Waals surface area contributed by atoms with Gasteiger partial charge in [0.2, 0.25) is 0 Å². The topological polar surface area (TPSA) is 58.5 Å². The van der Waals surface area contributed by atoms with Crippen molar-refractivity contribution in [2.45, 2.75) is 12.5 Å². The van der Waals surface area contributed by atoms with E-state index in [1.54, 1.807) is 11.1 Å². The Kier molecular flexibility index (Phi) is 6.13. The van der Waals surface area contributed by atoms with Crippen molar-refractivity contribution >= 4 is 34.6 Å². The van der Waals surface area contributed by atoms with Gasteiger partial charge in [0.15, 0.2) is 0 Å². The lowest BCUT2D eigenvalue weighted by Gasteiger charge is -2.31. The molecule has 0 aliphatic heterocycles. The summed E-state index contributed by atoms with van der Waals surface area (Å²) in [6.45, 7) is 0.880. The van der Waals surface area contributed by atoms with Crippen LogP contribution in [0.4, 0.5) is 11.4 Å². The maximum atomic E-state index is 6.41. The number of nitrogens with two attached hydrogens (primary N) is 2. The number of hydrazine groups is 1. The number of anilines is 2. The molecule has 0 radical (unpaired) electrons. The molecule has 0 amide bonds. The lowest BCUT2D eigenvalue weighted by molar-refractivity contribution is 0.376. The van der Waals surface area contributed by atoms with Gasteiger partial charge in [-0.2, -0.15) is 0 Å². The first-order valence-electron chi connectivity index (χ1n) is 7.38. The summed E-state index contributed by atoms with van der Waals surface area (Å²) < 4.78 is 0. The van der Waals surface area contributed by atoms with Gasteiger partial charge in [-0.15, -0.1) is 0 Å². The second-order valence-electron chi connectivity index (χ2n) is 5.75. The van der Waals surface area contributed by atoms with Crippen LogP contribution in [-0.2, 0) is 0 Å². The molecule has 4 N–H and O–H groups in total. The third-order valence-electron chi connectivity index (χ3n) is 3.73. The van der Waals surface area contributed by atoms with Gasteiger partial charge in [0, 0.05) is 0 Å². The Morgan fingerprint density at radius 3 is 2.35 bits per heavy atom. The van der Waals surface area contributed by atoms with Gasteiger partial charge in [-0.25, -0.2) is 5.84 Å². The Labute approximate surface area is 147 Å². The van der Waals surface area contributed by atoms with Crippen LogP contribution < -0.4 is 16.6 Å². The van der Waals surface area contributed by atoms with Crippen molar-refractivity contribution in [3.05, 3.63) is 58.1 Å². The Bertz CT molecular complexity index is 661. The number of para-hydroxylation sites is 2. The standard InChI is InChI=1S/C17H22Cl2N4/c1-22(2)10-9-16(12-7-8-13(18)14(19)11-12)23(21)17-6-4-3-5-15(17)20/h3-8,11,16H,9-10,20-21H2,1-2H3. The molecule has 0 heterocycles. The lowest BCUT2D eigenvalue weighted by Crippen LogP contribution is -2.37. The molecule has 0 bridgehead atoms. The summed E-state index contributed by atoms with van der Waals surface area (Å²) in [7, 11) is 4.06. The average Bonchev–Trinajstić information content (AvgIpc) is 2.51. The van der Waals surface area contributed by atoms with Crippen LogP contribution in [0.25, 0.3) is 0 Å². The summed E-state index contributed by atoms with van der Waals surface area (Å²) >= 11 is 12.2. The molecule has 2 rings (SSSR count). The Morgan fingerprint density at radius 2 is 1.74 bits per heavy atom. The number of nitrogens with zero attached hydrogens (tertiary/aromatic N) is 2. The van der Waals surface area contributed by atoms with Crippen molar-refractivity contribution in [3.63, 3.8) is 0 Å². The molecule has 0 spiro atoms. The van der Waals surface area contributed by atoms with Crippen LogP contribution in [0.5, 0.6) is 0 Å². The average molecular weight is 353 g/mol. The Morgan fingerprint density at radius 1 is 1.04 bits per heavy atom. The summed E-state index contributed by atoms with van der Waals surface area (Å²) in [6.07, 6.45) is 0.829. The fourth-order valence-electron chi connectivity index (χ4n) is 2.46. The highest BCUT2D eigenvalue weighted by Gasteiger charge is 2.21. The van der Waals surface area contributed by atoms with Crippen molar-refractivity contribution in [3.8, 4) is 0 Å². The molecule has 2 aromatic carbocycles. The number of rotatable bonds is 6. The van der Waals surface area contributed by atoms with E-state index in [4.69, 9.17) is 34.8 Å². The highest BCUT2D eigenvalue weighted by atomic mass is 35.5. The van der Waals surface area contributed by atoms with Crippen LogP contribution in [0, 0.1) is 0 Å². The summed E-state index contributed by atoms with van der Waals surface area (Å²) in [6, 6.07) is 13.1. The first kappa shape index (κ1) is 17.9. The predicted octanol–water partition coefficient (Wildman–Crippen LogP) is 3.95. The lowest BCUT2D eigenvalue weighted by atomic mass is 10.0.